The minimum absolute atomic E-state index is 0. The standard InChI is InChI=1S/C31H34NO2.C5H5.Fe/c33-30(25-16-8-9-17-25)34-28-22-31(32-18-10-3-11-19-32)20-26(23-12-4-1-5-13-23)29(28)27(21-31)24-14-6-2-7-15-24;1-2-4-5-3-1;/h1-2,4-9,12-17,26-29H,3,10-11,18-22H2;1-5H;/q;;+2/t26-,27-,28+,29?,31?;;/m0../s1. The van der Waals surface area contributed by atoms with Crippen LogP contribution in [0.15, 0.2) is 60.7 Å². The molecule has 5 saturated carbocycles. The largest absolute Gasteiger partial charge is 2.00 e. The van der Waals surface area contributed by atoms with E-state index in [0.717, 1.165) is 32.4 Å². The molecule has 6 fully saturated rings. The number of hydrogen-bond acceptors (Lipinski definition) is 3. The Morgan fingerprint density at radius 3 is 1.68 bits per heavy atom. The molecule has 40 heavy (non-hydrogen) atoms. The first-order valence-corrected chi connectivity index (χ1v) is 14.7. The molecule has 3 atom stereocenters. The van der Waals surface area contributed by atoms with E-state index in [9.17, 15) is 4.79 Å². The molecule has 0 unspecified atom stereocenters. The van der Waals surface area contributed by atoms with E-state index in [-0.39, 0.29) is 40.6 Å². The van der Waals surface area contributed by atoms with E-state index in [1.807, 2.05) is 57.8 Å². The zero-order valence-corrected chi connectivity index (χ0v) is 24.2. The fraction of sp³-hybridized carbons (Fsp3) is 0.361. The molecule has 8 rings (SSSR count). The van der Waals surface area contributed by atoms with Gasteiger partial charge in [-0.25, -0.2) is 0 Å². The Kier molecular flexibility index (Phi) is 10.5. The summed E-state index contributed by atoms with van der Waals surface area (Å²) in [5, 5.41) is 0. The van der Waals surface area contributed by atoms with Crippen LogP contribution in [-0.2, 0) is 26.6 Å². The van der Waals surface area contributed by atoms with Crippen molar-refractivity contribution in [3.05, 3.63) is 135 Å². The third kappa shape index (κ3) is 6.55. The number of rotatable bonds is 5. The molecule has 6 aliphatic rings. The third-order valence-corrected chi connectivity index (χ3v) is 9.33. The summed E-state index contributed by atoms with van der Waals surface area (Å²) in [6.45, 7) is 2.33. The van der Waals surface area contributed by atoms with Crippen molar-refractivity contribution in [2.75, 3.05) is 13.1 Å². The fourth-order valence-electron chi connectivity index (χ4n) is 7.64. The van der Waals surface area contributed by atoms with E-state index in [2.05, 4.69) is 65.6 Å². The number of benzene rings is 2. The first-order chi connectivity index (χ1) is 19.2. The second kappa shape index (κ2) is 14.0. The van der Waals surface area contributed by atoms with Gasteiger partial charge >= 0.3 is 23.0 Å². The summed E-state index contributed by atoms with van der Waals surface area (Å²) < 4.78 is 6.42. The van der Waals surface area contributed by atoms with Gasteiger partial charge in [0.25, 0.3) is 0 Å². The molecule has 5 aliphatic carbocycles. The smallest absolute Gasteiger partial charge is 0.461 e. The molecule has 1 heterocycles. The van der Waals surface area contributed by atoms with Crippen LogP contribution in [0.2, 0.25) is 0 Å². The van der Waals surface area contributed by atoms with Crippen LogP contribution >= 0.6 is 0 Å². The van der Waals surface area contributed by atoms with Crippen molar-refractivity contribution >= 4 is 5.97 Å². The van der Waals surface area contributed by atoms with Gasteiger partial charge in [0.15, 0.2) is 0 Å². The molecule has 1 saturated heterocycles. The van der Waals surface area contributed by atoms with E-state index in [4.69, 9.17) is 4.74 Å². The van der Waals surface area contributed by atoms with Crippen LogP contribution < -0.4 is 0 Å². The third-order valence-electron chi connectivity index (χ3n) is 9.33. The minimum atomic E-state index is -0.171. The summed E-state index contributed by atoms with van der Waals surface area (Å²) in [6.07, 6.45) is 24.6. The van der Waals surface area contributed by atoms with Crippen LogP contribution in [0, 0.1) is 69.6 Å². The van der Waals surface area contributed by atoms with Gasteiger partial charge in [0.05, 0.1) is 5.92 Å². The van der Waals surface area contributed by atoms with E-state index in [1.54, 1.807) is 0 Å². The molecule has 3 nitrogen and oxygen atoms in total. The van der Waals surface area contributed by atoms with Gasteiger partial charge in [-0.05, 0) is 120 Å². The monoisotopic (exact) mass is 573 g/mol. The normalized spacial score (nSPS) is 32.1. The maximum Gasteiger partial charge on any atom is 2.00 e. The average Bonchev–Trinajstić information content (AvgIpc) is 3.77. The Labute approximate surface area is 253 Å². The first-order valence-electron chi connectivity index (χ1n) is 14.7. The van der Waals surface area contributed by atoms with Crippen molar-refractivity contribution in [3.8, 4) is 0 Å². The Hall–Kier alpha value is -1.61. The summed E-state index contributed by atoms with van der Waals surface area (Å²) in [6, 6.07) is 22.0. The van der Waals surface area contributed by atoms with Gasteiger partial charge in [-0.3, -0.25) is 9.69 Å². The number of carbonyl (C=O) groups is 1. The van der Waals surface area contributed by atoms with Crippen molar-refractivity contribution in [1.82, 2.24) is 4.90 Å². The summed E-state index contributed by atoms with van der Waals surface area (Å²) in [7, 11) is 0. The topological polar surface area (TPSA) is 29.5 Å². The fourth-order valence-corrected chi connectivity index (χ4v) is 7.64. The van der Waals surface area contributed by atoms with E-state index >= 15 is 0 Å². The first kappa shape index (κ1) is 29.9. The van der Waals surface area contributed by atoms with Gasteiger partial charge in [0, 0.05) is 17.9 Å². The van der Waals surface area contributed by atoms with Crippen LogP contribution in [0.1, 0.15) is 61.5 Å². The SMILES string of the molecule is O=C(O[C@@H]1CC2(N3CCCCC3)C[C@@H](c3ccccc3)C1[C@H](c1ccccc1)C2)[C]1[CH][CH][CH][CH]1.[CH]1[CH][CH][CH][CH]1.[Fe+2]. The van der Waals surface area contributed by atoms with Gasteiger partial charge < -0.3 is 4.74 Å². The van der Waals surface area contributed by atoms with Gasteiger partial charge in [-0.1, -0.05) is 67.1 Å². The Bertz CT molecular complexity index is 986. The number of hydrogen-bond donors (Lipinski definition) is 0. The zero-order valence-electron chi connectivity index (χ0n) is 23.1. The summed E-state index contributed by atoms with van der Waals surface area (Å²) in [4.78, 5) is 16.0. The average molecular weight is 574 g/mol. The molecular formula is C36H39FeNO2+2. The van der Waals surface area contributed by atoms with Crippen molar-refractivity contribution < 1.29 is 26.6 Å². The summed E-state index contributed by atoms with van der Waals surface area (Å²) >= 11 is 0. The maximum atomic E-state index is 13.2. The maximum absolute atomic E-state index is 13.2. The molecular weight excluding hydrogens is 534 g/mol. The van der Waals surface area contributed by atoms with Gasteiger partial charge in [-0.2, -0.15) is 0 Å². The molecule has 2 aromatic carbocycles. The van der Waals surface area contributed by atoms with E-state index in [1.165, 1.54) is 30.4 Å². The van der Waals surface area contributed by atoms with Crippen LogP contribution in [0.3, 0.4) is 0 Å². The molecule has 2 aromatic rings. The van der Waals surface area contributed by atoms with Crippen LogP contribution in [0.5, 0.6) is 0 Å². The van der Waals surface area contributed by atoms with Gasteiger partial charge in [-0.15, -0.1) is 0 Å². The van der Waals surface area contributed by atoms with Crippen molar-refractivity contribution in [3.63, 3.8) is 0 Å². The number of piperidine rings is 1. The second-order valence-electron chi connectivity index (χ2n) is 11.6. The molecule has 0 amide bonds. The molecule has 10 radical (unpaired) electrons. The predicted molar refractivity (Wildman–Crippen MR) is 156 cm³/mol. The Balaban J connectivity index is 0.000000487. The molecule has 0 spiro atoms. The van der Waals surface area contributed by atoms with E-state index in [0.29, 0.717) is 17.8 Å². The minimum Gasteiger partial charge on any atom is -0.461 e. The van der Waals surface area contributed by atoms with Gasteiger partial charge in [0.2, 0.25) is 0 Å². The number of ether oxygens (including phenoxy) is 1. The number of esters is 1. The number of likely N-dealkylation sites (tertiary alicyclic amines) is 1. The predicted octanol–water partition coefficient (Wildman–Crippen LogP) is 6.93. The molecule has 0 N–H and O–H groups in total. The molecule has 206 valence electrons. The summed E-state index contributed by atoms with van der Waals surface area (Å²) in [5.74, 6) is 1.55. The number of fused-ring (bicyclic) bond motifs is 3. The quantitative estimate of drug-likeness (QED) is 0.287. The zero-order chi connectivity index (χ0) is 26.5. The Morgan fingerprint density at radius 2 is 1.18 bits per heavy atom. The van der Waals surface area contributed by atoms with Crippen LogP contribution in [0.4, 0.5) is 0 Å². The number of nitrogens with zero attached hydrogens (tertiary/aromatic N) is 1. The molecule has 1 aliphatic heterocycles. The molecule has 4 heteroatoms. The molecule has 2 bridgehead atoms. The van der Waals surface area contributed by atoms with Crippen molar-refractivity contribution in [1.29, 1.82) is 0 Å². The van der Waals surface area contributed by atoms with E-state index < -0.39 is 0 Å². The van der Waals surface area contributed by atoms with Crippen molar-refractivity contribution in [2.24, 2.45) is 5.92 Å². The van der Waals surface area contributed by atoms with Crippen LogP contribution in [-0.4, -0.2) is 35.6 Å². The number of carbonyl (C=O) groups excluding carboxylic acids is 1. The summed E-state index contributed by atoms with van der Waals surface area (Å²) in [5.41, 5.74) is 2.86. The van der Waals surface area contributed by atoms with Gasteiger partial charge in [0.1, 0.15) is 6.10 Å². The second-order valence-corrected chi connectivity index (χ2v) is 11.6. The Morgan fingerprint density at radius 1 is 0.675 bits per heavy atom. The van der Waals surface area contributed by atoms with Crippen molar-refractivity contribution in [2.45, 2.75) is 62.0 Å². The van der Waals surface area contributed by atoms with Crippen LogP contribution in [0.25, 0.3) is 0 Å². The molecule has 0 aromatic heterocycles.